The predicted octanol–water partition coefficient (Wildman–Crippen LogP) is 4.32. The zero-order chi connectivity index (χ0) is 24.3. The number of carboxylic acids is 1. The van der Waals surface area contributed by atoms with E-state index in [0.29, 0.717) is 17.0 Å². The van der Waals surface area contributed by atoms with E-state index in [0.717, 1.165) is 22.4 Å². The number of fused-ring (bicyclic) bond motifs is 1. The van der Waals surface area contributed by atoms with Crippen molar-refractivity contribution in [3.8, 4) is 5.75 Å². The number of benzene rings is 3. The van der Waals surface area contributed by atoms with Gasteiger partial charge in [-0.15, -0.1) is 0 Å². The van der Waals surface area contributed by atoms with E-state index in [1.807, 2.05) is 60.7 Å². The van der Waals surface area contributed by atoms with Gasteiger partial charge in [-0.3, -0.25) is 4.79 Å². The number of rotatable bonds is 8. The topological polar surface area (TPSA) is 102 Å². The number of hydrogen-bond donors (Lipinski definition) is 2. The molecule has 0 saturated heterocycles. The summed E-state index contributed by atoms with van der Waals surface area (Å²) in [5, 5.41) is 12.9. The Bertz CT molecular complexity index is 1410. The molecule has 0 unspecified atom stereocenters. The molecule has 8 nitrogen and oxygen atoms in total. The van der Waals surface area contributed by atoms with Crippen LogP contribution < -0.4 is 10.1 Å². The van der Waals surface area contributed by atoms with E-state index >= 15 is 0 Å². The van der Waals surface area contributed by atoms with E-state index in [2.05, 4.69) is 44.5 Å². The Balaban J connectivity index is 1.76. The maximum atomic E-state index is 11.3. The third kappa shape index (κ3) is 4.06. The minimum absolute atomic E-state index is 0.242. The van der Waals surface area contributed by atoms with Crippen LogP contribution in [-0.4, -0.2) is 37.7 Å². The van der Waals surface area contributed by atoms with Crippen LogP contribution in [0.4, 0.5) is 5.82 Å². The van der Waals surface area contributed by atoms with Crippen molar-refractivity contribution in [1.82, 2.24) is 19.5 Å². The van der Waals surface area contributed by atoms with Crippen molar-refractivity contribution in [2.45, 2.75) is 12.1 Å². The van der Waals surface area contributed by atoms with Crippen LogP contribution in [0.1, 0.15) is 16.7 Å². The molecule has 174 valence electrons. The molecule has 0 saturated carbocycles. The Kier molecular flexibility index (Phi) is 5.85. The van der Waals surface area contributed by atoms with Crippen LogP contribution in [0.3, 0.4) is 0 Å². The van der Waals surface area contributed by atoms with Gasteiger partial charge in [0.25, 0.3) is 0 Å². The van der Waals surface area contributed by atoms with Crippen LogP contribution in [0.2, 0.25) is 0 Å². The highest BCUT2D eigenvalue weighted by Crippen LogP contribution is 2.41. The fraction of sp³-hybridized carbons (Fsp3) is 0.111. The number of aromatic nitrogens is 4. The molecule has 35 heavy (non-hydrogen) atoms. The Morgan fingerprint density at radius 1 is 0.886 bits per heavy atom. The largest absolute Gasteiger partial charge is 0.497 e. The van der Waals surface area contributed by atoms with Crippen LogP contribution in [0, 0.1) is 0 Å². The van der Waals surface area contributed by atoms with Gasteiger partial charge >= 0.3 is 5.97 Å². The Labute approximate surface area is 201 Å². The van der Waals surface area contributed by atoms with Gasteiger partial charge in [0.2, 0.25) is 0 Å². The van der Waals surface area contributed by atoms with Crippen molar-refractivity contribution in [2.24, 2.45) is 0 Å². The smallest absolute Gasteiger partial charge is 0.323 e. The van der Waals surface area contributed by atoms with Crippen molar-refractivity contribution in [2.75, 3.05) is 12.4 Å². The fourth-order valence-electron chi connectivity index (χ4n) is 4.34. The third-order valence-corrected chi connectivity index (χ3v) is 5.95. The van der Waals surface area contributed by atoms with Gasteiger partial charge in [-0.1, -0.05) is 72.8 Å². The Hall–Kier alpha value is -4.72. The van der Waals surface area contributed by atoms with Crippen LogP contribution >= 0.6 is 0 Å². The molecule has 2 N–H and O–H groups in total. The summed E-state index contributed by atoms with van der Waals surface area (Å²) < 4.78 is 6.89. The van der Waals surface area contributed by atoms with E-state index in [1.54, 1.807) is 7.11 Å². The fourth-order valence-corrected chi connectivity index (χ4v) is 4.34. The number of ether oxygens (including phenoxy) is 1. The Morgan fingerprint density at radius 3 is 2.06 bits per heavy atom. The molecule has 2 aromatic heterocycles. The lowest BCUT2D eigenvalue weighted by Gasteiger charge is -2.37. The summed E-state index contributed by atoms with van der Waals surface area (Å²) in [6.07, 6.45) is 2.89. The predicted molar refractivity (Wildman–Crippen MR) is 132 cm³/mol. The van der Waals surface area contributed by atoms with Crippen LogP contribution in [0.5, 0.6) is 5.75 Å². The normalized spacial score (nSPS) is 11.3. The zero-order valence-electron chi connectivity index (χ0n) is 19.0. The van der Waals surface area contributed by atoms with E-state index < -0.39 is 11.5 Å². The molecule has 5 aromatic rings. The molecule has 0 aliphatic rings. The van der Waals surface area contributed by atoms with Crippen LogP contribution in [0.15, 0.2) is 97.6 Å². The first-order valence-corrected chi connectivity index (χ1v) is 11.0. The summed E-state index contributed by atoms with van der Waals surface area (Å²) in [5.41, 5.74) is 3.04. The van der Waals surface area contributed by atoms with Gasteiger partial charge in [-0.2, -0.15) is 0 Å². The second-order valence-electron chi connectivity index (χ2n) is 8.00. The van der Waals surface area contributed by atoms with Crippen molar-refractivity contribution in [3.63, 3.8) is 0 Å². The van der Waals surface area contributed by atoms with E-state index in [-0.39, 0.29) is 6.54 Å². The lowest BCUT2D eigenvalue weighted by atomic mass is 9.77. The van der Waals surface area contributed by atoms with Gasteiger partial charge in [0, 0.05) is 0 Å². The number of imidazole rings is 1. The van der Waals surface area contributed by atoms with Gasteiger partial charge < -0.3 is 19.7 Å². The number of methoxy groups -OCH3 is 1. The van der Waals surface area contributed by atoms with E-state index in [4.69, 9.17) is 4.74 Å². The van der Waals surface area contributed by atoms with Gasteiger partial charge in [-0.05, 0) is 28.8 Å². The monoisotopic (exact) mass is 465 g/mol. The highest BCUT2D eigenvalue weighted by molar-refractivity contribution is 5.85. The molecular weight excluding hydrogens is 442 g/mol. The molecule has 8 heteroatoms. The average molecular weight is 466 g/mol. The summed E-state index contributed by atoms with van der Waals surface area (Å²) in [6, 6.07) is 28.1. The standard InChI is InChI=1S/C27H23N5O3/c1-35-22-14-12-21(13-15-22)27(19-8-4-2-5-9-19,20-10-6-3-7-11-20)31-25-24-26(29-17-28-25)32(18-30-24)16-23(33)34/h2-15,17-18H,16H2,1H3,(H,33,34)(H,28,29,31). The van der Waals surface area contributed by atoms with E-state index in [1.165, 1.54) is 17.2 Å². The van der Waals surface area contributed by atoms with E-state index in [9.17, 15) is 9.90 Å². The van der Waals surface area contributed by atoms with Crippen molar-refractivity contribution < 1.29 is 14.6 Å². The van der Waals surface area contributed by atoms with Crippen molar-refractivity contribution >= 4 is 23.0 Å². The van der Waals surface area contributed by atoms with Gasteiger partial charge in [0.1, 0.15) is 29.7 Å². The molecular formula is C27H23N5O3. The SMILES string of the molecule is COc1ccc(C(Nc2ncnc3c2ncn3CC(=O)O)(c2ccccc2)c2ccccc2)cc1. The first-order chi connectivity index (χ1) is 17.1. The highest BCUT2D eigenvalue weighted by atomic mass is 16.5. The maximum Gasteiger partial charge on any atom is 0.323 e. The number of aliphatic carboxylic acids is 1. The number of hydrogen-bond acceptors (Lipinski definition) is 6. The quantitative estimate of drug-likeness (QED) is 0.329. The molecule has 5 rings (SSSR count). The lowest BCUT2D eigenvalue weighted by Crippen LogP contribution is -2.38. The number of carbonyl (C=O) groups is 1. The molecule has 0 aliphatic heterocycles. The Morgan fingerprint density at radius 2 is 1.49 bits per heavy atom. The molecule has 0 spiro atoms. The molecule has 3 aromatic carbocycles. The lowest BCUT2D eigenvalue weighted by molar-refractivity contribution is -0.137. The summed E-state index contributed by atoms with van der Waals surface area (Å²) in [5.74, 6) is 0.266. The first-order valence-electron chi connectivity index (χ1n) is 11.0. The van der Waals surface area contributed by atoms with Crippen LogP contribution in [0.25, 0.3) is 11.2 Å². The van der Waals surface area contributed by atoms with Gasteiger partial charge in [0.15, 0.2) is 11.5 Å². The van der Waals surface area contributed by atoms with Crippen molar-refractivity contribution in [1.29, 1.82) is 0 Å². The number of nitrogens with one attached hydrogen (secondary N) is 1. The second kappa shape index (κ2) is 9.26. The molecule has 2 heterocycles. The summed E-state index contributed by atoms with van der Waals surface area (Å²) in [7, 11) is 1.64. The maximum absolute atomic E-state index is 11.3. The van der Waals surface area contributed by atoms with Gasteiger partial charge in [-0.25, -0.2) is 15.0 Å². The molecule has 0 radical (unpaired) electrons. The second-order valence-corrected chi connectivity index (χ2v) is 8.00. The number of carboxylic acid groups (broad SMARTS) is 1. The van der Waals surface area contributed by atoms with Crippen LogP contribution in [-0.2, 0) is 16.9 Å². The zero-order valence-corrected chi connectivity index (χ0v) is 19.0. The summed E-state index contributed by atoms with van der Waals surface area (Å²) in [6.45, 7) is -0.242. The van der Waals surface area contributed by atoms with Gasteiger partial charge in [0.05, 0.1) is 13.4 Å². The highest BCUT2D eigenvalue weighted by Gasteiger charge is 2.37. The third-order valence-electron chi connectivity index (χ3n) is 5.95. The average Bonchev–Trinajstić information content (AvgIpc) is 3.31. The molecule has 0 fully saturated rings. The summed E-state index contributed by atoms with van der Waals surface area (Å²) in [4.78, 5) is 24.6. The molecule has 0 amide bonds. The number of anilines is 1. The number of nitrogens with zero attached hydrogens (tertiary/aromatic N) is 4. The molecule has 0 bridgehead atoms. The minimum atomic E-state index is -0.974. The molecule has 0 aliphatic carbocycles. The molecule has 0 atom stereocenters. The first kappa shape index (κ1) is 22.1. The minimum Gasteiger partial charge on any atom is -0.497 e. The summed E-state index contributed by atoms with van der Waals surface area (Å²) >= 11 is 0. The van der Waals surface area contributed by atoms with Crippen molar-refractivity contribution in [3.05, 3.63) is 114 Å².